The molecule has 3 N–H and O–H groups in total. The number of rotatable bonds is 2. The van der Waals surface area contributed by atoms with Gasteiger partial charge >= 0.3 is 5.97 Å². The summed E-state index contributed by atoms with van der Waals surface area (Å²) in [6, 6.07) is 6.94. The van der Waals surface area contributed by atoms with E-state index in [-0.39, 0.29) is 5.97 Å². The highest BCUT2D eigenvalue weighted by Gasteiger charge is 2.02. The number of nitrogens with two attached hydrogens (primary N) is 1. The summed E-state index contributed by atoms with van der Waals surface area (Å²) in [7, 11) is 0. The molecule has 0 bridgehead atoms. The highest BCUT2D eigenvalue weighted by Crippen LogP contribution is 2.22. The van der Waals surface area contributed by atoms with Gasteiger partial charge in [-0.25, -0.2) is 0 Å². The number of ether oxygens (including phenoxy) is 1. The Morgan fingerprint density at radius 3 is 2.75 bits per heavy atom. The Hall–Kier alpha value is -1.55. The average Bonchev–Trinajstić information content (AvgIpc) is 2.04. The van der Waals surface area contributed by atoms with E-state index in [1.807, 2.05) is 0 Å². The first-order valence-corrected chi connectivity index (χ1v) is 3.48. The summed E-state index contributed by atoms with van der Waals surface area (Å²) < 4.78 is 4.85. The fourth-order valence-corrected chi connectivity index (χ4v) is 0.830. The van der Waals surface area contributed by atoms with Crippen LogP contribution in [0.2, 0.25) is 0 Å². The van der Waals surface area contributed by atoms with Crippen molar-refractivity contribution in [2.45, 2.75) is 6.92 Å². The second-order valence-electron chi connectivity index (χ2n) is 2.23. The number of hydrogen-bond acceptors (Lipinski definition) is 4. The van der Waals surface area contributed by atoms with Crippen LogP contribution in [0.4, 0.5) is 5.69 Å². The number of hydrazine groups is 1. The fraction of sp³-hybridized carbons (Fsp3) is 0.125. The molecule has 0 spiro atoms. The summed E-state index contributed by atoms with van der Waals surface area (Å²) in [6.45, 7) is 1.34. The van der Waals surface area contributed by atoms with Crippen LogP contribution in [0.15, 0.2) is 24.3 Å². The van der Waals surface area contributed by atoms with E-state index in [1.165, 1.54) is 6.92 Å². The van der Waals surface area contributed by atoms with Crippen molar-refractivity contribution in [2.24, 2.45) is 5.84 Å². The molecule has 0 aliphatic heterocycles. The number of anilines is 1. The van der Waals surface area contributed by atoms with Crippen LogP contribution < -0.4 is 16.0 Å². The van der Waals surface area contributed by atoms with Gasteiger partial charge in [0.25, 0.3) is 0 Å². The van der Waals surface area contributed by atoms with Gasteiger partial charge in [-0.3, -0.25) is 10.6 Å². The molecule has 12 heavy (non-hydrogen) atoms. The first-order chi connectivity index (χ1) is 5.74. The zero-order chi connectivity index (χ0) is 8.97. The van der Waals surface area contributed by atoms with E-state index in [1.54, 1.807) is 24.3 Å². The van der Waals surface area contributed by atoms with Gasteiger partial charge in [0.2, 0.25) is 0 Å². The third kappa shape index (κ3) is 1.96. The van der Waals surface area contributed by atoms with Gasteiger partial charge in [0.1, 0.15) is 0 Å². The summed E-state index contributed by atoms with van der Waals surface area (Å²) in [5.41, 5.74) is 3.01. The van der Waals surface area contributed by atoms with Crippen LogP contribution >= 0.6 is 0 Å². The molecule has 4 nitrogen and oxygen atoms in total. The molecule has 0 saturated heterocycles. The summed E-state index contributed by atoms with van der Waals surface area (Å²) in [5, 5.41) is 0. The van der Waals surface area contributed by atoms with Crippen molar-refractivity contribution in [3.63, 3.8) is 0 Å². The molecule has 0 amide bonds. The number of carbonyl (C=O) groups excluding carboxylic acids is 1. The van der Waals surface area contributed by atoms with Crippen molar-refractivity contribution in [3.05, 3.63) is 24.3 Å². The Kier molecular flexibility index (Phi) is 2.66. The Morgan fingerprint density at radius 2 is 2.17 bits per heavy atom. The van der Waals surface area contributed by atoms with E-state index in [4.69, 9.17) is 10.6 Å². The number of para-hydroxylation sites is 2. The van der Waals surface area contributed by atoms with Crippen LogP contribution in [0.1, 0.15) is 6.92 Å². The van der Waals surface area contributed by atoms with Gasteiger partial charge in [0, 0.05) is 6.92 Å². The minimum Gasteiger partial charge on any atom is -0.424 e. The van der Waals surface area contributed by atoms with E-state index in [9.17, 15) is 4.79 Å². The third-order valence-corrected chi connectivity index (χ3v) is 1.30. The van der Waals surface area contributed by atoms with Crippen molar-refractivity contribution < 1.29 is 9.53 Å². The van der Waals surface area contributed by atoms with E-state index < -0.39 is 0 Å². The molecule has 1 aromatic carbocycles. The monoisotopic (exact) mass is 166 g/mol. The van der Waals surface area contributed by atoms with Crippen LogP contribution in [-0.2, 0) is 4.79 Å². The number of esters is 1. The van der Waals surface area contributed by atoms with Gasteiger partial charge in [-0.15, -0.1) is 0 Å². The lowest BCUT2D eigenvalue weighted by Gasteiger charge is -2.06. The van der Waals surface area contributed by atoms with Crippen LogP contribution in [0.5, 0.6) is 5.75 Å². The highest BCUT2D eigenvalue weighted by molar-refractivity contribution is 5.72. The number of nitrogens with one attached hydrogen (secondary N) is 1. The molecule has 1 aromatic rings. The topological polar surface area (TPSA) is 64.3 Å². The highest BCUT2D eigenvalue weighted by atomic mass is 16.5. The first-order valence-electron chi connectivity index (χ1n) is 3.48. The number of hydrogen-bond donors (Lipinski definition) is 2. The number of carbonyl (C=O) groups is 1. The summed E-state index contributed by atoms with van der Waals surface area (Å²) in [6.07, 6.45) is 0. The molecule has 0 fully saturated rings. The Morgan fingerprint density at radius 1 is 1.50 bits per heavy atom. The maximum Gasteiger partial charge on any atom is 0.308 e. The molecule has 0 heterocycles. The minimum absolute atomic E-state index is 0.363. The van der Waals surface area contributed by atoms with Gasteiger partial charge in [-0.1, -0.05) is 12.1 Å². The molecule has 0 radical (unpaired) electrons. The van der Waals surface area contributed by atoms with Crippen LogP contribution in [0, 0.1) is 0 Å². The zero-order valence-electron chi connectivity index (χ0n) is 6.70. The van der Waals surface area contributed by atoms with Gasteiger partial charge in [-0.05, 0) is 12.1 Å². The molecule has 0 atom stereocenters. The largest absolute Gasteiger partial charge is 0.424 e. The van der Waals surface area contributed by atoms with E-state index >= 15 is 0 Å². The van der Waals surface area contributed by atoms with Gasteiger partial charge in [0.05, 0.1) is 5.69 Å². The first kappa shape index (κ1) is 8.55. The van der Waals surface area contributed by atoms with Gasteiger partial charge in [-0.2, -0.15) is 0 Å². The van der Waals surface area contributed by atoms with Crippen LogP contribution in [0.25, 0.3) is 0 Å². The fourth-order valence-electron chi connectivity index (χ4n) is 0.830. The predicted octanol–water partition coefficient (Wildman–Crippen LogP) is 0.897. The molecule has 0 unspecified atom stereocenters. The predicted molar refractivity (Wildman–Crippen MR) is 45.6 cm³/mol. The van der Waals surface area contributed by atoms with E-state index in [0.29, 0.717) is 11.4 Å². The quantitative estimate of drug-likeness (QED) is 0.296. The van der Waals surface area contributed by atoms with Crippen molar-refractivity contribution in [3.8, 4) is 5.75 Å². The normalized spacial score (nSPS) is 9.17. The lowest BCUT2D eigenvalue weighted by atomic mass is 10.3. The van der Waals surface area contributed by atoms with Crippen molar-refractivity contribution in [2.75, 3.05) is 5.43 Å². The summed E-state index contributed by atoms with van der Waals surface area (Å²) >= 11 is 0. The second kappa shape index (κ2) is 3.73. The Labute approximate surface area is 70.3 Å². The summed E-state index contributed by atoms with van der Waals surface area (Å²) in [4.78, 5) is 10.6. The Bertz CT molecular complexity index is 286. The Balaban J connectivity index is 2.89. The molecule has 4 heteroatoms. The summed E-state index contributed by atoms with van der Waals surface area (Å²) in [5.74, 6) is 5.26. The molecule has 0 aliphatic rings. The smallest absolute Gasteiger partial charge is 0.308 e. The maximum absolute atomic E-state index is 10.6. The molecule has 64 valence electrons. The minimum atomic E-state index is -0.363. The number of benzene rings is 1. The molecule has 0 aliphatic carbocycles. The van der Waals surface area contributed by atoms with E-state index in [0.717, 1.165) is 0 Å². The molecule has 0 aromatic heterocycles. The molecular weight excluding hydrogens is 156 g/mol. The molecular formula is C8H10N2O2. The SMILES string of the molecule is CC(=O)Oc1ccccc1NN. The maximum atomic E-state index is 10.6. The number of nitrogen functional groups attached to an aromatic ring is 1. The lowest BCUT2D eigenvalue weighted by molar-refractivity contribution is -0.131. The third-order valence-electron chi connectivity index (χ3n) is 1.30. The van der Waals surface area contributed by atoms with Gasteiger partial charge < -0.3 is 10.2 Å². The van der Waals surface area contributed by atoms with Crippen LogP contribution in [0.3, 0.4) is 0 Å². The second-order valence-corrected chi connectivity index (χ2v) is 2.23. The lowest BCUT2D eigenvalue weighted by Crippen LogP contribution is -2.10. The zero-order valence-corrected chi connectivity index (χ0v) is 6.70. The average molecular weight is 166 g/mol. The van der Waals surface area contributed by atoms with Crippen LogP contribution in [-0.4, -0.2) is 5.97 Å². The standard InChI is InChI=1S/C8H10N2O2/c1-6(11)12-8-5-3-2-4-7(8)10-9/h2-5,10H,9H2,1H3. The molecule has 0 saturated carbocycles. The van der Waals surface area contributed by atoms with E-state index in [2.05, 4.69) is 5.43 Å². The molecule has 1 rings (SSSR count). The van der Waals surface area contributed by atoms with Gasteiger partial charge in [0.15, 0.2) is 5.75 Å². The van der Waals surface area contributed by atoms with Crippen molar-refractivity contribution >= 4 is 11.7 Å². The van der Waals surface area contributed by atoms with Crippen molar-refractivity contribution in [1.82, 2.24) is 0 Å². The van der Waals surface area contributed by atoms with Crippen molar-refractivity contribution in [1.29, 1.82) is 0 Å².